The lowest BCUT2D eigenvalue weighted by atomic mass is 10.1. The molecule has 1 N–H and O–H groups in total. The molecule has 19 heavy (non-hydrogen) atoms. The van der Waals surface area contributed by atoms with E-state index in [1.54, 1.807) is 0 Å². The first kappa shape index (κ1) is 15.8. The summed E-state index contributed by atoms with van der Waals surface area (Å²) in [5.74, 6) is -0.967. The molecule has 1 aliphatic heterocycles. The first-order valence-electron chi connectivity index (χ1n) is 7.03. The normalized spacial score (nSPS) is 20.8. The Bertz CT molecular complexity index is 336. The summed E-state index contributed by atoms with van der Waals surface area (Å²) in [7, 11) is 0. The maximum atomic E-state index is 12.6. The molecule has 1 rings (SSSR count). The number of carboxylic acid groups (broad SMARTS) is 1. The molecule has 5 heteroatoms. The molecule has 1 fully saturated rings. The summed E-state index contributed by atoms with van der Waals surface area (Å²) in [6.07, 6.45) is 4.28. The molecule has 0 radical (unpaired) electrons. The Balaban J connectivity index is 2.88. The first-order chi connectivity index (χ1) is 8.73. The van der Waals surface area contributed by atoms with Crippen LogP contribution >= 0.6 is 0 Å². The minimum atomic E-state index is -0.967. The fourth-order valence-corrected chi connectivity index (χ4v) is 2.44. The van der Waals surface area contributed by atoms with E-state index >= 15 is 0 Å². The van der Waals surface area contributed by atoms with Crippen molar-refractivity contribution in [2.75, 3.05) is 13.1 Å². The zero-order chi connectivity index (χ0) is 14.6. The van der Waals surface area contributed by atoms with Crippen molar-refractivity contribution in [1.29, 1.82) is 0 Å². The highest BCUT2D eigenvalue weighted by molar-refractivity contribution is 5.81. The van der Waals surface area contributed by atoms with Crippen LogP contribution in [0.5, 0.6) is 0 Å². The van der Waals surface area contributed by atoms with Crippen LogP contribution in [0.15, 0.2) is 0 Å². The summed E-state index contributed by atoms with van der Waals surface area (Å²) in [4.78, 5) is 26.9. The molecule has 0 aromatic carbocycles. The van der Waals surface area contributed by atoms with E-state index in [4.69, 9.17) is 5.11 Å². The molecule has 1 aliphatic rings. The maximum absolute atomic E-state index is 12.6. The third-order valence-corrected chi connectivity index (χ3v) is 3.63. The fourth-order valence-electron chi connectivity index (χ4n) is 2.44. The minimum absolute atomic E-state index is 0.149. The molecule has 1 atom stereocenters. The number of hydrogen-bond donors (Lipinski definition) is 1. The summed E-state index contributed by atoms with van der Waals surface area (Å²) >= 11 is 0. The summed E-state index contributed by atoms with van der Waals surface area (Å²) in [5.41, 5.74) is -0.485. The van der Waals surface area contributed by atoms with Crippen molar-refractivity contribution in [3.05, 3.63) is 0 Å². The highest BCUT2D eigenvalue weighted by Gasteiger charge is 2.33. The van der Waals surface area contributed by atoms with Gasteiger partial charge >= 0.3 is 12.0 Å². The fraction of sp³-hybridized carbons (Fsp3) is 0.857. The third kappa shape index (κ3) is 4.40. The lowest BCUT2D eigenvalue weighted by Gasteiger charge is -2.40. The van der Waals surface area contributed by atoms with Gasteiger partial charge in [0, 0.05) is 18.1 Å². The Kier molecular flexibility index (Phi) is 5.20. The molecule has 0 aromatic rings. The zero-order valence-electron chi connectivity index (χ0n) is 12.5. The van der Waals surface area contributed by atoms with Crippen molar-refractivity contribution in [2.45, 2.75) is 65.0 Å². The van der Waals surface area contributed by atoms with Gasteiger partial charge in [0.05, 0.1) is 0 Å². The number of hydrogen-bond acceptors (Lipinski definition) is 2. The predicted octanol–water partition coefficient (Wildman–Crippen LogP) is 2.56. The monoisotopic (exact) mass is 270 g/mol. The van der Waals surface area contributed by atoms with Crippen LogP contribution < -0.4 is 0 Å². The molecule has 0 aromatic heterocycles. The Morgan fingerprint density at radius 3 is 2.42 bits per heavy atom. The van der Waals surface area contributed by atoms with Crippen LogP contribution in [0.4, 0.5) is 4.79 Å². The second-order valence-electron chi connectivity index (χ2n) is 6.33. The molecule has 1 saturated heterocycles. The van der Waals surface area contributed by atoms with Gasteiger partial charge in [-0.3, -0.25) is 4.79 Å². The van der Waals surface area contributed by atoms with Gasteiger partial charge in [0.2, 0.25) is 0 Å². The SMILES string of the molecule is CC1CCCCCN1C(=O)N(CC(=O)O)C(C)(C)C. The summed E-state index contributed by atoms with van der Waals surface area (Å²) in [6, 6.07) is 0.0398. The highest BCUT2D eigenvalue weighted by Crippen LogP contribution is 2.21. The molecule has 5 nitrogen and oxygen atoms in total. The smallest absolute Gasteiger partial charge is 0.323 e. The maximum Gasteiger partial charge on any atom is 0.323 e. The summed E-state index contributed by atoms with van der Waals surface area (Å²) < 4.78 is 0. The number of carbonyl (C=O) groups is 2. The number of amides is 2. The Hall–Kier alpha value is -1.26. The van der Waals surface area contributed by atoms with E-state index in [0.717, 1.165) is 32.2 Å². The standard InChI is InChI=1S/C14H26N2O3/c1-11-8-6-5-7-9-15(11)13(19)16(10-12(17)18)14(2,3)4/h11H,5-10H2,1-4H3,(H,17,18). The van der Waals surface area contributed by atoms with E-state index in [0.29, 0.717) is 0 Å². The number of rotatable bonds is 2. The average Bonchev–Trinajstić information content (AvgIpc) is 2.48. The molecule has 0 saturated carbocycles. The lowest BCUT2D eigenvalue weighted by molar-refractivity contribution is -0.138. The predicted molar refractivity (Wildman–Crippen MR) is 74.1 cm³/mol. The van der Waals surface area contributed by atoms with Crippen molar-refractivity contribution >= 4 is 12.0 Å². The average molecular weight is 270 g/mol. The largest absolute Gasteiger partial charge is 0.480 e. The Morgan fingerprint density at radius 2 is 1.89 bits per heavy atom. The van der Waals surface area contributed by atoms with E-state index in [-0.39, 0.29) is 18.6 Å². The van der Waals surface area contributed by atoms with Gasteiger partial charge in [0.25, 0.3) is 0 Å². The molecule has 0 bridgehead atoms. The van der Waals surface area contributed by atoms with Gasteiger partial charge in [-0.25, -0.2) is 4.79 Å². The van der Waals surface area contributed by atoms with E-state index in [1.807, 2.05) is 32.6 Å². The molecule has 0 spiro atoms. The van der Waals surface area contributed by atoms with Crippen LogP contribution in [0, 0.1) is 0 Å². The van der Waals surface area contributed by atoms with Crippen LogP contribution in [0.1, 0.15) is 53.4 Å². The Morgan fingerprint density at radius 1 is 1.26 bits per heavy atom. The van der Waals surface area contributed by atoms with Crippen LogP contribution in [-0.4, -0.2) is 51.6 Å². The number of nitrogens with zero attached hydrogens (tertiary/aromatic N) is 2. The highest BCUT2D eigenvalue weighted by atomic mass is 16.4. The van der Waals surface area contributed by atoms with Crippen LogP contribution in [0.2, 0.25) is 0 Å². The van der Waals surface area contributed by atoms with Crippen molar-refractivity contribution in [3.63, 3.8) is 0 Å². The van der Waals surface area contributed by atoms with E-state index in [9.17, 15) is 9.59 Å². The molecule has 1 unspecified atom stereocenters. The van der Waals surface area contributed by atoms with Crippen molar-refractivity contribution < 1.29 is 14.7 Å². The second kappa shape index (κ2) is 6.26. The zero-order valence-corrected chi connectivity index (χ0v) is 12.5. The second-order valence-corrected chi connectivity index (χ2v) is 6.33. The van der Waals surface area contributed by atoms with E-state index in [1.165, 1.54) is 4.90 Å². The minimum Gasteiger partial charge on any atom is -0.480 e. The van der Waals surface area contributed by atoms with Gasteiger partial charge in [-0.05, 0) is 40.5 Å². The molecule has 2 amide bonds. The van der Waals surface area contributed by atoms with Gasteiger partial charge < -0.3 is 14.9 Å². The van der Waals surface area contributed by atoms with Crippen molar-refractivity contribution in [2.24, 2.45) is 0 Å². The van der Waals surface area contributed by atoms with Gasteiger partial charge in [0.15, 0.2) is 0 Å². The third-order valence-electron chi connectivity index (χ3n) is 3.63. The van der Waals surface area contributed by atoms with Crippen LogP contribution in [-0.2, 0) is 4.79 Å². The van der Waals surface area contributed by atoms with Crippen molar-refractivity contribution in [3.8, 4) is 0 Å². The number of aliphatic carboxylic acids is 1. The van der Waals surface area contributed by atoms with Crippen molar-refractivity contribution in [1.82, 2.24) is 9.80 Å². The van der Waals surface area contributed by atoms with Crippen LogP contribution in [0.3, 0.4) is 0 Å². The number of likely N-dealkylation sites (tertiary alicyclic amines) is 1. The molecule has 0 aliphatic carbocycles. The van der Waals surface area contributed by atoms with Crippen LogP contribution in [0.25, 0.3) is 0 Å². The van der Waals surface area contributed by atoms with Gasteiger partial charge in [0.1, 0.15) is 6.54 Å². The molecule has 1 heterocycles. The number of carboxylic acids is 1. The number of carbonyl (C=O) groups excluding carboxylic acids is 1. The quantitative estimate of drug-likeness (QED) is 0.839. The number of urea groups is 1. The lowest BCUT2D eigenvalue weighted by Crippen LogP contribution is -2.55. The van der Waals surface area contributed by atoms with Gasteiger partial charge in [-0.2, -0.15) is 0 Å². The van der Waals surface area contributed by atoms with Gasteiger partial charge in [-0.1, -0.05) is 12.8 Å². The molecule has 110 valence electrons. The molecular weight excluding hydrogens is 244 g/mol. The topological polar surface area (TPSA) is 60.9 Å². The van der Waals surface area contributed by atoms with Gasteiger partial charge in [-0.15, -0.1) is 0 Å². The summed E-state index contributed by atoms with van der Waals surface area (Å²) in [5, 5.41) is 9.00. The first-order valence-corrected chi connectivity index (χ1v) is 7.03. The Labute approximate surface area is 115 Å². The summed E-state index contributed by atoms with van der Waals surface area (Å²) in [6.45, 7) is 8.14. The van der Waals surface area contributed by atoms with E-state index in [2.05, 4.69) is 0 Å². The van der Waals surface area contributed by atoms with E-state index < -0.39 is 11.5 Å². The molecular formula is C14H26N2O3.